The number of carbonyl (C=O) groups excluding carboxylic acids is 1. The Kier molecular flexibility index (Phi) is 11.7. The molecular weight excluding hydrogens is 314 g/mol. The summed E-state index contributed by atoms with van der Waals surface area (Å²) in [6.45, 7) is 6.21. The molecule has 0 spiro atoms. The van der Waals surface area contributed by atoms with Gasteiger partial charge in [-0.2, -0.15) is 0 Å². The lowest BCUT2D eigenvalue weighted by Crippen LogP contribution is -2.19. The van der Waals surface area contributed by atoms with Crippen molar-refractivity contribution in [1.29, 1.82) is 0 Å². The molecule has 6 heteroatoms. The van der Waals surface area contributed by atoms with Crippen molar-refractivity contribution in [2.24, 2.45) is 5.73 Å². The molecule has 1 rings (SSSR count). The number of pyridine rings is 1. The molecule has 0 saturated heterocycles. The van der Waals surface area contributed by atoms with Crippen LogP contribution in [0.25, 0.3) is 0 Å². The van der Waals surface area contributed by atoms with Gasteiger partial charge < -0.3 is 15.6 Å². The third-order valence-electron chi connectivity index (χ3n) is 2.33. The van der Waals surface area contributed by atoms with Crippen molar-refractivity contribution in [3.63, 3.8) is 0 Å². The Balaban J connectivity index is 0.000000688. The van der Waals surface area contributed by atoms with Gasteiger partial charge in [-0.05, 0) is 19.1 Å². The van der Waals surface area contributed by atoms with Crippen molar-refractivity contribution >= 4 is 23.2 Å². The molecule has 1 amide bonds. The highest BCUT2D eigenvalue weighted by Crippen LogP contribution is 2.03. The number of rotatable bonds is 4. The van der Waals surface area contributed by atoms with Crippen LogP contribution in [0.15, 0.2) is 59.5 Å². The third kappa shape index (κ3) is 9.91. The topological polar surface area (TPSA) is 77.1 Å². The van der Waals surface area contributed by atoms with Gasteiger partial charge in [-0.25, -0.2) is 0 Å². The number of hydrogen-bond donors (Lipinski definition) is 2. The zero-order chi connectivity index (χ0) is 17.5. The van der Waals surface area contributed by atoms with Gasteiger partial charge in [0.2, 0.25) is 5.91 Å². The van der Waals surface area contributed by atoms with Crippen LogP contribution in [0.2, 0.25) is 0 Å². The first-order valence-electron chi connectivity index (χ1n) is 6.83. The fraction of sp³-hybridized carbons (Fsp3) is 0.176. The van der Waals surface area contributed by atoms with Crippen molar-refractivity contribution in [1.82, 2.24) is 4.57 Å². The molecule has 0 unspecified atom stereocenters. The molecule has 0 bridgehead atoms. The number of nitrogens with zero attached hydrogens (tertiary/aromatic N) is 1. The molecular formula is C17H20ClN3O2. The van der Waals surface area contributed by atoms with E-state index in [0.717, 1.165) is 0 Å². The van der Waals surface area contributed by atoms with Crippen LogP contribution in [0.4, 0.5) is 5.69 Å². The van der Waals surface area contributed by atoms with E-state index >= 15 is 0 Å². The predicted octanol–water partition coefficient (Wildman–Crippen LogP) is 2.25. The maximum atomic E-state index is 11.4. The van der Waals surface area contributed by atoms with Crippen molar-refractivity contribution in [3.8, 4) is 11.8 Å². The van der Waals surface area contributed by atoms with E-state index in [1.807, 2.05) is 6.92 Å². The van der Waals surface area contributed by atoms with E-state index < -0.39 is 0 Å². The lowest BCUT2D eigenvalue weighted by atomic mass is 10.3. The van der Waals surface area contributed by atoms with E-state index in [0.29, 0.717) is 18.8 Å². The van der Waals surface area contributed by atoms with Crippen LogP contribution in [0.1, 0.15) is 6.92 Å². The Morgan fingerprint density at radius 1 is 1.48 bits per heavy atom. The van der Waals surface area contributed by atoms with E-state index in [2.05, 4.69) is 23.7 Å². The van der Waals surface area contributed by atoms with Gasteiger partial charge in [0.15, 0.2) is 0 Å². The van der Waals surface area contributed by atoms with E-state index in [1.54, 1.807) is 12.3 Å². The largest absolute Gasteiger partial charge is 0.321 e. The molecule has 0 aromatic carbocycles. The molecule has 3 N–H and O–H groups in total. The summed E-state index contributed by atoms with van der Waals surface area (Å²) in [6.07, 6.45) is 7.53. The first-order valence-corrected chi connectivity index (χ1v) is 7.26. The van der Waals surface area contributed by atoms with Crippen LogP contribution >= 0.6 is 11.6 Å². The highest BCUT2D eigenvalue weighted by Gasteiger charge is 1.99. The Morgan fingerprint density at radius 3 is 2.74 bits per heavy atom. The molecule has 0 aliphatic heterocycles. The quantitative estimate of drug-likeness (QED) is 0.504. The lowest BCUT2D eigenvalue weighted by Gasteiger charge is -2.05. The molecule has 0 aliphatic rings. The number of carbonyl (C=O) groups is 1. The average molecular weight is 334 g/mol. The number of allylic oxidation sites excluding steroid dienone is 3. The second-order valence-corrected chi connectivity index (χ2v) is 4.19. The molecule has 0 atom stereocenters. The van der Waals surface area contributed by atoms with Crippen LogP contribution in [0.3, 0.4) is 0 Å². The van der Waals surface area contributed by atoms with Crippen molar-refractivity contribution in [2.45, 2.75) is 13.5 Å². The number of anilines is 1. The number of nitrogens with two attached hydrogens (primary N) is 1. The van der Waals surface area contributed by atoms with Crippen molar-refractivity contribution in [2.75, 3.05) is 11.9 Å². The molecule has 0 fully saturated rings. The van der Waals surface area contributed by atoms with Gasteiger partial charge >= 0.3 is 0 Å². The normalized spacial score (nSPS) is 9.70. The highest BCUT2D eigenvalue weighted by molar-refractivity contribution is 6.25. The SMILES string of the molecule is C=CC#CCN.CCn1cc(NC(=O)/C=C/C=C/Cl)ccc1=O. The number of nitrogens with one attached hydrogen (secondary N) is 1. The van der Waals surface area contributed by atoms with Gasteiger partial charge in [0.25, 0.3) is 5.56 Å². The smallest absolute Gasteiger partial charge is 0.250 e. The number of aromatic nitrogens is 1. The van der Waals surface area contributed by atoms with Crippen molar-refractivity contribution in [3.05, 3.63) is 65.1 Å². The summed E-state index contributed by atoms with van der Waals surface area (Å²) >= 11 is 5.30. The minimum atomic E-state index is -0.277. The number of aryl methyl sites for hydroxylation is 1. The molecule has 0 radical (unpaired) electrons. The second kappa shape index (κ2) is 13.1. The summed E-state index contributed by atoms with van der Waals surface area (Å²) in [5.41, 5.74) is 6.79. The van der Waals surface area contributed by atoms with Gasteiger partial charge in [0.1, 0.15) is 0 Å². The standard InChI is InChI=1S/C12H13ClN2O2.C5H7N/c1-2-15-9-10(6-7-12(15)17)14-11(16)5-3-4-8-13;1-2-3-4-5-6/h3-9H,2H2,1H3,(H,14,16);2H,1,5-6H2/b5-3+,8-4+;. The molecule has 23 heavy (non-hydrogen) atoms. The first-order chi connectivity index (χ1) is 11.1. The van der Waals surface area contributed by atoms with E-state index in [9.17, 15) is 9.59 Å². The Labute approximate surface area is 141 Å². The van der Waals surface area contributed by atoms with Gasteiger partial charge in [-0.15, -0.1) is 0 Å². The van der Waals surface area contributed by atoms with E-state index in [1.165, 1.54) is 40.5 Å². The Bertz CT molecular complexity index is 679. The summed E-state index contributed by atoms with van der Waals surface area (Å²) in [4.78, 5) is 22.7. The third-order valence-corrected chi connectivity index (χ3v) is 2.47. The molecule has 0 saturated carbocycles. The number of amides is 1. The maximum absolute atomic E-state index is 11.4. The van der Waals surface area contributed by atoms with Crippen LogP contribution < -0.4 is 16.6 Å². The van der Waals surface area contributed by atoms with Crippen LogP contribution in [-0.4, -0.2) is 17.0 Å². The molecule has 1 aromatic rings. The maximum Gasteiger partial charge on any atom is 0.250 e. The molecule has 122 valence electrons. The minimum Gasteiger partial charge on any atom is -0.321 e. The zero-order valence-corrected chi connectivity index (χ0v) is 13.7. The van der Waals surface area contributed by atoms with E-state index in [4.69, 9.17) is 17.3 Å². The predicted molar refractivity (Wildman–Crippen MR) is 96.2 cm³/mol. The van der Waals surface area contributed by atoms with Crippen LogP contribution in [0, 0.1) is 11.8 Å². The second-order valence-electron chi connectivity index (χ2n) is 3.94. The summed E-state index contributed by atoms with van der Waals surface area (Å²) in [5, 5.41) is 2.64. The Morgan fingerprint density at radius 2 is 2.22 bits per heavy atom. The van der Waals surface area contributed by atoms with Gasteiger partial charge in [-0.3, -0.25) is 9.59 Å². The van der Waals surface area contributed by atoms with Crippen molar-refractivity contribution < 1.29 is 4.79 Å². The highest BCUT2D eigenvalue weighted by atomic mass is 35.5. The number of halogens is 1. The van der Waals surface area contributed by atoms with Gasteiger partial charge in [-0.1, -0.05) is 42.2 Å². The molecule has 1 heterocycles. The minimum absolute atomic E-state index is 0.0916. The molecule has 5 nitrogen and oxygen atoms in total. The lowest BCUT2D eigenvalue weighted by molar-refractivity contribution is -0.111. The molecule has 1 aromatic heterocycles. The fourth-order valence-corrected chi connectivity index (χ4v) is 1.44. The van der Waals surface area contributed by atoms with Gasteiger partial charge in [0, 0.05) is 30.4 Å². The number of hydrogen-bond acceptors (Lipinski definition) is 3. The monoisotopic (exact) mass is 333 g/mol. The van der Waals surface area contributed by atoms with Gasteiger partial charge in [0.05, 0.1) is 12.2 Å². The van der Waals surface area contributed by atoms with E-state index in [-0.39, 0.29) is 11.5 Å². The van der Waals surface area contributed by atoms with Crippen LogP contribution in [-0.2, 0) is 11.3 Å². The average Bonchev–Trinajstić information content (AvgIpc) is 2.55. The summed E-state index contributed by atoms with van der Waals surface area (Å²) in [7, 11) is 0. The zero-order valence-electron chi connectivity index (χ0n) is 13.0. The Hall–Kier alpha value is -2.55. The summed E-state index contributed by atoms with van der Waals surface area (Å²) in [6, 6.07) is 2.99. The first kappa shape index (κ1) is 20.5. The fourth-order valence-electron chi connectivity index (χ4n) is 1.35. The molecule has 0 aliphatic carbocycles. The summed E-state index contributed by atoms with van der Waals surface area (Å²) in [5.74, 6) is 4.92. The summed E-state index contributed by atoms with van der Waals surface area (Å²) < 4.78 is 1.51. The van der Waals surface area contributed by atoms with Crippen LogP contribution in [0.5, 0.6) is 0 Å².